The quantitative estimate of drug-likeness (QED) is 0.701. The van der Waals surface area contributed by atoms with Crippen molar-refractivity contribution in [3.05, 3.63) is 23.5 Å². The topological polar surface area (TPSA) is 15.3 Å². The summed E-state index contributed by atoms with van der Waals surface area (Å²) in [7, 11) is 0. The first kappa shape index (κ1) is 10.2. The number of hydrogen-bond donors (Lipinski definition) is 1. The van der Waals surface area contributed by atoms with Crippen LogP contribution in [-0.4, -0.2) is 18.1 Å². The lowest BCUT2D eigenvalue weighted by molar-refractivity contribution is 0.325. The van der Waals surface area contributed by atoms with Gasteiger partial charge in [-0.15, -0.1) is 0 Å². The Morgan fingerprint density at radius 3 is 2.62 bits per heavy atom. The summed E-state index contributed by atoms with van der Waals surface area (Å²) >= 11 is 0. The largest absolute Gasteiger partial charge is 0.371 e. The second kappa shape index (κ2) is 3.86. The number of nitrogens with one attached hydrogen (secondary N) is 1. The maximum atomic E-state index is 4.11. The van der Waals surface area contributed by atoms with Crippen molar-refractivity contribution in [1.29, 1.82) is 0 Å². The Kier molecular flexibility index (Phi) is 3.02. The summed E-state index contributed by atoms with van der Waals surface area (Å²) in [6, 6.07) is 0. The molecule has 0 atom stereocenters. The van der Waals surface area contributed by atoms with Crippen LogP contribution in [0.1, 0.15) is 27.7 Å². The fourth-order valence-corrected chi connectivity index (χ4v) is 1.74. The zero-order valence-corrected chi connectivity index (χ0v) is 9.15. The fourth-order valence-electron chi connectivity index (χ4n) is 1.74. The lowest BCUT2D eigenvalue weighted by atomic mass is 10.0. The zero-order valence-electron chi connectivity index (χ0n) is 9.15. The van der Waals surface area contributed by atoms with E-state index in [1.165, 1.54) is 17.0 Å². The average molecular weight is 180 g/mol. The summed E-state index contributed by atoms with van der Waals surface area (Å²) in [6.45, 7) is 14.8. The number of rotatable bonds is 2. The van der Waals surface area contributed by atoms with Crippen molar-refractivity contribution in [1.82, 2.24) is 10.2 Å². The SMILES string of the molecule is C=C1C(C)=C(C(C)C)NCN1CC. The Labute approximate surface area is 81.3 Å². The second-order valence-corrected chi connectivity index (χ2v) is 3.83. The highest BCUT2D eigenvalue weighted by atomic mass is 15.2. The Balaban J connectivity index is 2.89. The van der Waals surface area contributed by atoms with Gasteiger partial charge in [-0.3, -0.25) is 0 Å². The normalized spacial score (nSPS) is 18.2. The monoisotopic (exact) mass is 180 g/mol. The van der Waals surface area contributed by atoms with Crippen LogP contribution < -0.4 is 5.32 Å². The van der Waals surface area contributed by atoms with Crippen molar-refractivity contribution in [2.45, 2.75) is 27.7 Å². The van der Waals surface area contributed by atoms with Crippen LogP contribution in [0.4, 0.5) is 0 Å². The summed E-state index contributed by atoms with van der Waals surface area (Å²) < 4.78 is 0. The zero-order chi connectivity index (χ0) is 10.0. The lowest BCUT2D eigenvalue weighted by Gasteiger charge is -2.34. The van der Waals surface area contributed by atoms with E-state index in [0.717, 1.165) is 13.2 Å². The van der Waals surface area contributed by atoms with Crippen LogP contribution in [0.2, 0.25) is 0 Å². The van der Waals surface area contributed by atoms with E-state index in [1.54, 1.807) is 0 Å². The first-order valence-electron chi connectivity index (χ1n) is 4.96. The third-order valence-corrected chi connectivity index (χ3v) is 2.64. The smallest absolute Gasteiger partial charge is 0.0873 e. The summed E-state index contributed by atoms with van der Waals surface area (Å²) in [6.07, 6.45) is 0. The molecular formula is C11H20N2. The van der Waals surface area contributed by atoms with Crippen LogP contribution >= 0.6 is 0 Å². The summed E-state index contributed by atoms with van der Waals surface area (Å²) in [5.41, 5.74) is 3.82. The molecule has 1 aliphatic heterocycles. The van der Waals surface area contributed by atoms with Crippen molar-refractivity contribution >= 4 is 0 Å². The van der Waals surface area contributed by atoms with E-state index >= 15 is 0 Å². The van der Waals surface area contributed by atoms with Gasteiger partial charge in [0.2, 0.25) is 0 Å². The minimum Gasteiger partial charge on any atom is -0.371 e. The fraction of sp³-hybridized carbons (Fsp3) is 0.636. The predicted molar refractivity (Wildman–Crippen MR) is 57.1 cm³/mol. The molecule has 0 aromatic carbocycles. The van der Waals surface area contributed by atoms with Gasteiger partial charge in [-0.2, -0.15) is 0 Å². The molecule has 1 rings (SSSR count). The third-order valence-electron chi connectivity index (χ3n) is 2.64. The van der Waals surface area contributed by atoms with Crippen LogP contribution in [0.3, 0.4) is 0 Å². The number of allylic oxidation sites excluding steroid dienone is 2. The Hall–Kier alpha value is -0.920. The third kappa shape index (κ3) is 1.87. The summed E-state index contributed by atoms with van der Waals surface area (Å²) in [4.78, 5) is 2.25. The number of likely N-dealkylation sites (N-methyl/N-ethyl adjacent to an activating group) is 1. The molecule has 0 saturated heterocycles. The van der Waals surface area contributed by atoms with Gasteiger partial charge in [-0.25, -0.2) is 0 Å². The van der Waals surface area contributed by atoms with Gasteiger partial charge in [0.15, 0.2) is 0 Å². The highest BCUT2D eigenvalue weighted by Gasteiger charge is 2.18. The molecule has 0 radical (unpaired) electrons. The summed E-state index contributed by atoms with van der Waals surface area (Å²) in [5, 5.41) is 3.44. The molecule has 74 valence electrons. The maximum absolute atomic E-state index is 4.11. The molecule has 0 fully saturated rings. The van der Waals surface area contributed by atoms with Gasteiger partial charge in [0, 0.05) is 17.9 Å². The average Bonchev–Trinajstić information content (AvgIpc) is 2.09. The summed E-state index contributed by atoms with van der Waals surface area (Å²) in [5.74, 6) is 0.566. The van der Waals surface area contributed by atoms with E-state index in [2.05, 4.69) is 44.5 Å². The molecule has 2 nitrogen and oxygen atoms in total. The van der Waals surface area contributed by atoms with Crippen molar-refractivity contribution < 1.29 is 0 Å². The molecule has 0 aromatic rings. The van der Waals surface area contributed by atoms with Crippen LogP contribution in [-0.2, 0) is 0 Å². The molecule has 1 N–H and O–H groups in total. The standard InChI is InChI=1S/C11H20N2/c1-6-13-7-12-11(8(2)3)9(4)10(13)5/h8,12H,5-7H2,1-4H3. The molecule has 0 amide bonds. The molecule has 0 aromatic heterocycles. The number of hydrogen-bond acceptors (Lipinski definition) is 2. The van der Waals surface area contributed by atoms with Crippen molar-refractivity contribution in [3.8, 4) is 0 Å². The molecule has 0 unspecified atom stereocenters. The Morgan fingerprint density at radius 1 is 1.54 bits per heavy atom. The van der Waals surface area contributed by atoms with Gasteiger partial charge in [0.1, 0.15) is 0 Å². The molecule has 0 saturated carbocycles. The van der Waals surface area contributed by atoms with Crippen LogP contribution in [0, 0.1) is 5.92 Å². The van der Waals surface area contributed by atoms with E-state index in [4.69, 9.17) is 0 Å². The first-order chi connectivity index (χ1) is 6.07. The Morgan fingerprint density at radius 2 is 2.15 bits per heavy atom. The lowest BCUT2D eigenvalue weighted by Crippen LogP contribution is -2.39. The van der Waals surface area contributed by atoms with Gasteiger partial charge in [0.05, 0.1) is 6.67 Å². The van der Waals surface area contributed by atoms with Crippen LogP contribution in [0.15, 0.2) is 23.5 Å². The van der Waals surface area contributed by atoms with E-state index in [1.807, 2.05) is 0 Å². The highest BCUT2D eigenvalue weighted by Crippen LogP contribution is 2.23. The van der Waals surface area contributed by atoms with E-state index in [0.29, 0.717) is 5.92 Å². The van der Waals surface area contributed by atoms with E-state index in [9.17, 15) is 0 Å². The van der Waals surface area contributed by atoms with Gasteiger partial charge in [0.25, 0.3) is 0 Å². The second-order valence-electron chi connectivity index (χ2n) is 3.83. The van der Waals surface area contributed by atoms with Gasteiger partial charge in [-0.1, -0.05) is 20.4 Å². The Bertz CT molecular complexity index is 238. The van der Waals surface area contributed by atoms with Crippen molar-refractivity contribution in [2.75, 3.05) is 13.2 Å². The highest BCUT2D eigenvalue weighted by molar-refractivity contribution is 5.33. The van der Waals surface area contributed by atoms with Gasteiger partial charge in [-0.05, 0) is 25.3 Å². The first-order valence-corrected chi connectivity index (χ1v) is 4.96. The molecule has 13 heavy (non-hydrogen) atoms. The maximum Gasteiger partial charge on any atom is 0.0873 e. The molecular weight excluding hydrogens is 160 g/mol. The minimum absolute atomic E-state index is 0.566. The molecule has 0 bridgehead atoms. The van der Waals surface area contributed by atoms with Crippen molar-refractivity contribution in [2.24, 2.45) is 5.92 Å². The molecule has 1 heterocycles. The van der Waals surface area contributed by atoms with Gasteiger partial charge < -0.3 is 10.2 Å². The van der Waals surface area contributed by atoms with E-state index in [-0.39, 0.29) is 0 Å². The van der Waals surface area contributed by atoms with Crippen LogP contribution in [0.5, 0.6) is 0 Å². The van der Waals surface area contributed by atoms with Crippen LogP contribution in [0.25, 0.3) is 0 Å². The van der Waals surface area contributed by atoms with E-state index < -0.39 is 0 Å². The van der Waals surface area contributed by atoms with Crippen molar-refractivity contribution in [3.63, 3.8) is 0 Å². The molecule has 2 heteroatoms. The predicted octanol–water partition coefficient (Wildman–Crippen LogP) is 2.31. The molecule has 0 aliphatic carbocycles. The number of nitrogens with zero attached hydrogens (tertiary/aromatic N) is 1. The molecule has 1 aliphatic rings. The van der Waals surface area contributed by atoms with Gasteiger partial charge >= 0.3 is 0 Å². The minimum atomic E-state index is 0.566. The molecule has 0 spiro atoms.